The van der Waals surface area contributed by atoms with Crippen molar-refractivity contribution in [1.29, 1.82) is 5.26 Å². The molecule has 0 spiro atoms. The van der Waals surface area contributed by atoms with Gasteiger partial charge in [0.1, 0.15) is 6.07 Å². The first-order valence-electron chi connectivity index (χ1n) is 8.42. The highest BCUT2D eigenvalue weighted by Crippen LogP contribution is 2.23. The normalized spacial score (nSPS) is 10.2. The number of nitrogens with zero attached hydrogens (tertiary/aromatic N) is 2. The molecule has 1 aromatic heterocycles. The van der Waals surface area contributed by atoms with Crippen molar-refractivity contribution in [3.8, 4) is 17.3 Å². The van der Waals surface area contributed by atoms with E-state index in [9.17, 15) is 10.1 Å². The maximum atomic E-state index is 12.4. The molecule has 0 saturated carbocycles. The summed E-state index contributed by atoms with van der Waals surface area (Å²) in [6, 6.07) is 18.1. The number of hydrogen-bond acceptors (Lipinski definition) is 5. The third kappa shape index (κ3) is 4.11. The Labute approximate surface area is 157 Å². The highest BCUT2D eigenvalue weighted by Gasteiger charge is 2.11. The number of nitrogens with one attached hydrogen (secondary N) is 2. The summed E-state index contributed by atoms with van der Waals surface area (Å²) in [7, 11) is 1.84. The molecular formula is C21H19N5O. The largest absolute Gasteiger partial charge is 0.397 e. The quantitative estimate of drug-likeness (QED) is 0.609. The molecule has 6 nitrogen and oxygen atoms in total. The lowest BCUT2D eigenvalue weighted by atomic mass is 10.0. The standard InChI is InChI=1S/C21H19N5O/c1-24-12-14-10-17(11-22)20(25-13-14)15-6-8-16(9-7-15)21(27)26-19-5-3-2-4-18(19)23/h2-10,13,24H,12,23H2,1H3,(H,26,27). The van der Waals surface area contributed by atoms with Crippen LogP contribution in [0.1, 0.15) is 21.5 Å². The highest BCUT2D eigenvalue weighted by atomic mass is 16.1. The summed E-state index contributed by atoms with van der Waals surface area (Å²) in [4.78, 5) is 16.8. The summed E-state index contributed by atoms with van der Waals surface area (Å²) in [5.74, 6) is -0.253. The molecule has 0 atom stereocenters. The zero-order chi connectivity index (χ0) is 19.2. The monoisotopic (exact) mass is 357 g/mol. The molecule has 1 amide bonds. The fourth-order valence-corrected chi connectivity index (χ4v) is 2.71. The molecule has 3 aromatic rings. The number of benzene rings is 2. The molecule has 1 heterocycles. The maximum absolute atomic E-state index is 12.4. The van der Waals surface area contributed by atoms with Gasteiger partial charge in [0.05, 0.1) is 22.6 Å². The van der Waals surface area contributed by atoms with Crippen LogP contribution >= 0.6 is 0 Å². The molecule has 134 valence electrons. The van der Waals surface area contributed by atoms with E-state index in [0.717, 1.165) is 11.1 Å². The van der Waals surface area contributed by atoms with Crippen molar-refractivity contribution in [3.63, 3.8) is 0 Å². The number of nitriles is 1. The molecule has 0 aliphatic carbocycles. The fraction of sp³-hybridized carbons (Fsp3) is 0.0952. The number of aromatic nitrogens is 1. The molecule has 2 aromatic carbocycles. The first-order chi connectivity index (χ1) is 13.1. The number of para-hydroxylation sites is 2. The lowest BCUT2D eigenvalue weighted by molar-refractivity contribution is 0.102. The number of pyridine rings is 1. The van der Waals surface area contributed by atoms with Crippen molar-refractivity contribution >= 4 is 17.3 Å². The summed E-state index contributed by atoms with van der Waals surface area (Å²) in [6.45, 7) is 0.643. The molecule has 27 heavy (non-hydrogen) atoms. The van der Waals surface area contributed by atoms with Crippen LogP contribution in [0.5, 0.6) is 0 Å². The van der Waals surface area contributed by atoms with Gasteiger partial charge in [-0.3, -0.25) is 9.78 Å². The number of carbonyl (C=O) groups excluding carboxylic acids is 1. The summed E-state index contributed by atoms with van der Waals surface area (Å²) < 4.78 is 0. The zero-order valence-electron chi connectivity index (χ0n) is 14.9. The van der Waals surface area contributed by atoms with E-state index in [1.807, 2.05) is 19.2 Å². The third-order valence-electron chi connectivity index (χ3n) is 4.08. The number of nitrogens with two attached hydrogens (primary N) is 1. The van der Waals surface area contributed by atoms with Crippen LogP contribution in [0.4, 0.5) is 11.4 Å². The number of amides is 1. The first kappa shape index (κ1) is 18.1. The van der Waals surface area contributed by atoms with Crippen molar-refractivity contribution in [2.24, 2.45) is 0 Å². The maximum Gasteiger partial charge on any atom is 0.255 e. The van der Waals surface area contributed by atoms with E-state index in [1.165, 1.54) is 0 Å². The smallest absolute Gasteiger partial charge is 0.255 e. The van der Waals surface area contributed by atoms with Crippen LogP contribution in [0.25, 0.3) is 11.3 Å². The second-order valence-corrected chi connectivity index (χ2v) is 6.00. The molecule has 0 fully saturated rings. The molecule has 0 saturated heterocycles. The molecule has 0 radical (unpaired) electrons. The van der Waals surface area contributed by atoms with Crippen LogP contribution in [0.3, 0.4) is 0 Å². The van der Waals surface area contributed by atoms with Gasteiger partial charge in [0, 0.05) is 23.9 Å². The number of carbonyl (C=O) groups is 1. The van der Waals surface area contributed by atoms with Crippen molar-refractivity contribution in [2.75, 3.05) is 18.1 Å². The van der Waals surface area contributed by atoms with Crippen molar-refractivity contribution in [2.45, 2.75) is 6.54 Å². The minimum absolute atomic E-state index is 0.253. The Morgan fingerprint density at radius 3 is 2.59 bits per heavy atom. The van der Waals surface area contributed by atoms with Crippen LogP contribution in [0.2, 0.25) is 0 Å². The molecule has 3 rings (SSSR count). The van der Waals surface area contributed by atoms with E-state index in [2.05, 4.69) is 21.7 Å². The van der Waals surface area contributed by atoms with Gasteiger partial charge in [-0.25, -0.2) is 0 Å². The molecule has 0 bridgehead atoms. The second-order valence-electron chi connectivity index (χ2n) is 6.00. The Bertz CT molecular complexity index is 1010. The van der Waals surface area contributed by atoms with Gasteiger partial charge in [-0.2, -0.15) is 5.26 Å². The van der Waals surface area contributed by atoms with Gasteiger partial charge in [-0.15, -0.1) is 0 Å². The topological polar surface area (TPSA) is 104 Å². The van der Waals surface area contributed by atoms with Crippen molar-refractivity contribution in [1.82, 2.24) is 10.3 Å². The highest BCUT2D eigenvalue weighted by molar-refractivity contribution is 6.05. The molecule has 0 aliphatic heterocycles. The van der Waals surface area contributed by atoms with Gasteiger partial charge in [0.2, 0.25) is 0 Å². The molecule has 6 heteroatoms. The average molecular weight is 357 g/mol. The van der Waals surface area contributed by atoms with Gasteiger partial charge < -0.3 is 16.4 Å². The van der Waals surface area contributed by atoms with Gasteiger partial charge in [-0.05, 0) is 42.9 Å². The van der Waals surface area contributed by atoms with Crippen LogP contribution in [-0.4, -0.2) is 17.9 Å². The SMILES string of the molecule is CNCc1cnc(-c2ccc(C(=O)Nc3ccccc3N)cc2)c(C#N)c1. The van der Waals surface area contributed by atoms with Crippen LogP contribution in [0, 0.1) is 11.3 Å². The predicted molar refractivity (Wildman–Crippen MR) is 106 cm³/mol. The average Bonchev–Trinajstić information content (AvgIpc) is 2.70. The minimum atomic E-state index is -0.253. The van der Waals surface area contributed by atoms with Gasteiger partial charge >= 0.3 is 0 Å². The van der Waals surface area contributed by atoms with E-state index >= 15 is 0 Å². The van der Waals surface area contributed by atoms with E-state index in [-0.39, 0.29) is 5.91 Å². The first-order valence-corrected chi connectivity index (χ1v) is 8.42. The molecular weight excluding hydrogens is 338 g/mol. The summed E-state index contributed by atoms with van der Waals surface area (Å²) in [6.07, 6.45) is 1.74. The summed E-state index contributed by atoms with van der Waals surface area (Å²) >= 11 is 0. The van der Waals surface area contributed by atoms with Crippen molar-refractivity contribution < 1.29 is 4.79 Å². The lowest BCUT2D eigenvalue weighted by Crippen LogP contribution is -2.13. The Kier molecular flexibility index (Phi) is 5.45. The zero-order valence-corrected chi connectivity index (χ0v) is 14.9. The summed E-state index contributed by atoms with van der Waals surface area (Å²) in [5, 5.41) is 15.2. The summed E-state index contributed by atoms with van der Waals surface area (Å²) in [5.41, 5.74) is 10.2. The second kappa shape index (κ2) is 8.13. The van der Waals surface area contributed by atoms with Crippen LogP contribution in [-0.2, 0) is 6.54 Å². The fourth-order valence-electron chi connectivity index (χ4n) is 2.71. The van der Waals surface area contributed by atoms with Crippen LogP contribution < -0.4 is 16.4 Å². The van der Waals surface area contributed by atoms with E-state index in [0.29, 0.717) is 34.7 Å². The van der Waals surface area contributed by atoms with Gasteiger partial charge in [0.25, 0.3) is 5.91 Å². The number of anilines is 2. The van der Waals surface area contributed by atoms with E-state index < -0.39 is 0 Å². The molecule has 4 N–H and O–H groups in total. The van der Waals surface area contributed by atoms with Crippen LogP contribution in [0.15, 0.2) is 60.8 Å². The van der Waals surface area contributed by atoms with Gasteiger partial charge in [-0.1, -0.05) is 24.3 Å². The predicted octanol–water partition coefficient (Wildman–Crippen LogP) is 3.17. The number of rotatable bonds is 5. The molecule has 0 unspecified atom stereocenters. The third-order valence-corrected chi connectivity index (χ3v) is 4.08. The Balaban J connectivity index is 1.82. The Hall–Kier alpha value is -3.69. The Morgan fingerprint density at radius 1 is 1.19 bits per heavy atom. The van der Waals surface area contributed by atoms with E-state index in [4.69, 9.17) is 5.73 Å². The van der Waals surface area contributed by atoms with E-state index in [1.54, 1.807) is 48.7 Å². The van der Waals surface area contributed by atoms with Gasteiger partial charge in [0.15, 0.2) is 0 Å². The Morgan fingerprint density at radius 2 is 1.93 bits per heavy atom. The lowest BCUT2D eigenvalue weighted by Gasteiger charge is -2.09. The number of hydrogen-bond donors (Lipinski definition) is 3. The minimum Gasteiger partial charge on any atom is -0.397 e. The molecule has 0 aliphatic rings. The van der Waals surface area contributed by atoms with Crippen molar-refractivity contribution in [3.05, 3.63) is 77.5 Å². The number of nitrogen functional groups attached to an aromatic ring is 1.